The third kappa shape index (κ3) is 7.80. The maximum Gasteiger partial charge on any atom is 0.160 e. The summed E-state index contributed by atoms with van der Waals surface area (Å²) in [4.78, 5) is 20.5. The molecule has 2 heterocycles. The lowest BCUT2D eigenvalue weighted by atomic mass is 9.93. The molecule has 0 fully saturated rings. The van der Waals surface area contributed by atoms with Gasteiger partial charge >= 0.3 is 0 Å². The highest BCUT2D eigenvalue weighted by atomic mass is 14.9. The SMILES string of the molecule is N#Cc1ccccc1-c1cccc(-c2cc(-c3ccccc3-c3cccc(-c4cccc(-c5nc(-c6ccccc6)cc(-c6ccccc6)n5)c4)c3)nc(-c3ccccc3)n2)c1. The van der Waals surface area contributed by atoms with E-state index in [1.807, 2.05) is 103 Å². The Morgan fingerprint density at radius 3 is 1.24 bits per heavy atom. The molecule has 0 saturated carbocycles. The summed E-state index contributed by atoms with van der Waals surface area (Å²) in [6, 6.07) is 78.5. The zero-order valence-corrected chi connectivity index (χ0v) is 33.6. The van der Waals surface area contributed by atoms with Crippen molar-refractivity contribution in [3.8, 4) is 107 Å². The van der Waals surface area contributed by atoms with Gasteiger partial charge in [0.15, 0.2) is 11.6 Å². The molecule has 0 radical (unpaired) electrons. The molecule has 8 aromatic carbocycles. The Balaban J connectivity index is 1.05. The maximum atomic E-state index is 9.87. The Kier molecular flexibility index (Phi) is 10.3. The van der Waals surface area contributed by atoms with Crippen molar-refractivity contribution in [3.05, 3.63) is 230 Å². The maximum absolute atomic E-state index is 9.87. The fourth-order valence-electron chi connectivity index (χ4n) is 7.88. The molecule has 5 heteroatoms. The Labute approximate surface area is 361 Å². The number of aromatic nitrogens is 4. The third-order valence-corrected chi connectivity index (χ3v) is 11.0. The summed E-state index contributed by atoms with van der Waals surface area (Å²) in [5.41, 5.74) is 15.9. The second kappa shape index (κ2) is 16.9. The highest BCUT2D eigenvalue weighted by Gasteiger charge is 2.17. The molecule has 0 bridgehead atoms. The molecule has 0 atom stereocenters. The number of benzene rings is 8. The zero-order chi connectivity index (χ0) is 41.7. The molecule has 290 valence electrons. The molecular formula is C57H37N5. The van der Waals surface area contributed by atoms with E-state index in [4.69, 9.17) is 19.9 Å². The van der Waals surface area contributed by atoms with E-state index in [9.17, 15) is 5.26 Å². The van der Waals surface area contributed by atoms with E-state index >= 15 is 0 Å². The molecule has 0 N–H and O–H groups in total. The lowest BCUT2D eigenvalue weighted by molar-refractivity contribution is 1.18. The number of hydrogen-bond acceptors (Lipinski definition) is 5. The first kappa shape index (κ1) is 37.7. The van der Waals surface area contributed by atoms with Crippen molar-refractivity contribution in [2.45, 2.75) is 0 Å². The summed E-state index contributed by atoms with van der Waals surface area (Å²) in [7, 11) is 0. The summed E-state index contributed by atoms with van der Waals surface area (Å²) in [5, 5.41) is 9.87. The molecule has 0 spiro atoms. The number of nitrogens with zero attached hydrogens (tertiary/aromatic N) is 5. The molecule has 0 aliphatic carbocycles. The molecule has 10 rings (SSSR count). The van der Waals surface area contributed by atoms with Crippen LogP contribution < -0.4 is 0 Å². The largest absolute Gasteiger partial charge is 0.228 e. The predicted molar refractivity (Wildman–Crippen MR) is 251 cm³/mol. The summed E-state index contributed by atoms with van der Waals surface area (Å²) in [5.74, 6) is 1.30. The molecule has 5 nitrogen and oxygen atoms in total. The minimum Gasteiger partial charge on any atom is -0.228 e. The van der Waals surface area contributed by atoms with Gasteiger partial charge in [-0.15, -0.1) is 0 Å². The number of hydrogen-bond donors (Lipinski definition) is 0. The van der Waals surface area contributed by atoms with E-state index in [1.54, 1.807) is 0 Å². The van der Waals surface area contributed by atoms with Crippen molar-refractivity contribution in [3.63, 3.8) is 0 Å². The normalized spacial score (nSPS) is 10.9. The fourth-order valence-corrected chi connectivity index (χ4v) is 7.88. The van der Waals surface area contributed by atoms with E-state index < -0.39 is 0 Å². The van der Waals surface area contributed by atoms with Gasteiger partial charge in [0, 0.05) is 33.4 Å². The van der Waals surface area contributed by atoms with Gasteiger partial charge < -0.3 is 0 Å². The summed E-state index contributed by atoms with van der Waals surface area (Å²) in [6.45, 7) is 0. The van der Waals surface area contributed by atoms with Crippen LogP contribution in [0.5, 0.6) is 0 Å². The first-order valence-electron chi connectivity index (χ1n) is 20.5. The Bertz CT molecular complexity index is 3190. The highest BCUT2D eigenvalue weighted by molar-refractivity contribution is 5.87. The minimum atomic E-state index is 0.628. The average molecular weight is 792 g/mol. The van der Waals surface area contributed by atoms with Crippen molar-refractivity contribution in [2.75, 3.05) is 0 Å². The number of rotatable bonds is 9. The van der Waals surface area contributed by atoms with Crippen LogP contribution >= 0.6 is 0 Å². The topological polar surface area (TPSA) is 75.3 Å². The van der Waals surface area contributed by atoms with Crippen molar-refractivity contribution in [1.29, 1.82) is 5.26 Å². The first-order valence-corrected chi connectivity index (χ1v) is 20.5. The summed E-state index contributed by atoms with van der Waals surface area (Å²) >= 11 is 0. The predicted octanol–water partition coefficient (Wildman–Crippen LogP) is 14.1. The lowest BCUT2D eigenvalue weighted by Crippen LogP contribution is -1.97. The Morgan fingerprint density at radius 2 is 0.629 bits per heavy atom. The quantitative estimate of drug-likeness (QED) is 0.145. The molecule has 10 aromatic rings. The van der Waals surface area contributed by atoms with Crippen LogP contribution in [0.3, 0.4) is 0 Å². The minimum absolute atomic E-state index is 0.628. The van der Waals surface area contributed by atoms with E-state index in [0.29, 0.717) is 17.2 Å². The summed E-state index contributed by atoms with van der Waals surface area (Å²) < 4.78 is 0. The van der Waals surface area contributed by atoms with E-state index in [1.165, 1.54) is 0 Å². The van der Waals surface area contributed by atoms with Gasteiger partial charge in [-0.2, -0.15) is 5.26 Å². The van der Waals surface area contributed by atoms with Gasteiger partial charge in [0.05, 0.1) is 34.4 Å². The van der Waals surface area contributed by atoms with E-state index in [0.717, 1.165) is 89.5 Å². The van der Waals surface area contributed by atoms with Crippen LogP contribution in [0.25, 0.3) is 101 Å². The van der Waals surface area contributed by atoms with Crippen LogP contribution in [0.2, 0.25) is 0 Å². The van der Waals surface area contributed by atoms with Gasteiger partial charge in [0.25, 0.3) is 0 Å². The third-order valence-electron chi connectivity index (χ3n) is 11.0. The second-order valence-corrected chi connectivity index (χ2v) is 15.0. The highest BCUT2D eigenvalue weighted by Crippen LogP contribution is 2.37. The lowest BCUT2D eigenvalue weighted by Gasteiger charge is -2.14. The van der Waals surface area contributed by atoms with Crippen LogP contribution in [0, 0.1) is 11.3 Å². The smallest absolute Gasteiger partial charge is 0.160 e. The molecule has 0 saturated heterocycles. The molecule has 2 aromatic heterocycles. The van der Waals surface area contributed by atoms with Crippen molar-refractivity contribution >= 4 is 0 Å². The molecule has 0 unspecified atom stereocenters. The monoisotopic (exact) mass is 791 g/mol. The van der Waals surface area contributed by atoms with Crippen molar-refractivity contribution in [2.24, 2.45) is 0 Å². The molecule has 62 heavy (non-hydrogen) atoms. The fraction of sp³-hybridized carbons (Fsp3) is 0. The van der Waals surface area contributed by atoms with Gasteiger partial charge in [0.1, 0.15) is 0 Å². The van der Waals surface area contributed by atoms with Crippen molar-refractivity contribution in [1.82, 2.24) is 19.9 Å². The van der Waals surface area contributed by atoms with Gasteiger partial charge in [-0.3, -0.25) is 0 Å². The zero-order valence-electron chi connectivity index (χ0n) is 33.6. The Hall–Kier alpha value is -8.59. The first-order chi connectivity index (χ1) is 30.7. The Morgan fingerprint density at radius 1 is 0.258 bits per heavy atom. The van der Waals surface area contributed by atoms with Crippen LogP contribution in [-0.2, 0) is 0 Å². The van der Waals surface area contributed by atoms with Gasteiger partial charge in [0.2, 0.25) is 0 Å². The molecule has 0 amide bonds. The van der Waals surface area contributed by atoms with Crippen LogP contribution in [-0.4, -0.2) is 19.9 Å². The molecular weight excluding hydrogens is 755 g/mol. The average Bonchev–Trinajstić information content (AvgIpc) is 3.37. The van der Waals surface area contributed by atoms with E-state index in [2.05, 4.69) is 127 Å². The van der Waals surface area contributed by atoms with Crippen LogP contribution in [0.15, 0.2) is 224 Å². The van der Waals surface area contributed by atoms with E-state index in [-0.39, 0.29) is 0 Å². The molecule has 0 aliphatic rings. The van der Waals surface area contributed by atoms with Crippen LogP contribution in [0.1, 0.15) is 5.56 Å². The van der Waals surface area contributed by atoms with Gasteiger partial charge in [-0.05, 0) is 69.8 Å². The number of nitriles is 1. The summed E-state index contributed by atoms with van der Waals surface area (Å²) in [6.07, 6.45) is 0. The van der Waals surface area contributed by atoms with Crippen molar-refractivity contribution < 1.29 is 0 Å². The second-order valence-electron chi connectivity index (χ2n) is 15.0. The van der Waals surface area contributed by atoms with Gasteiger partial charge in [-0.25, -0.2) is 19.9 Å². The molecule has 0 aliphatic heterocycles. The van der Waals surface area contributed by atoms with Crippen LogP contribution in [0.4, 0.5) is 0 Å². The van der Waals surface area contributed by atoms with Gasteiger partial charge in [-0.1, -0.05) is 188 Å². The standard InChI is InChI=1S/C57H37N5/c58-38-48-23-10-11-30-49(48)44-26-16-28-46(35-44)54-37-55(62-56(61-54)41-21-8-3-9-22-41)51-32-13-12-31-50(51)45-27-14-24-42(33-45)43-25-15-29-47(34-43)57-59-52(39-17-4-1-5-18-39)36-53(60-57)40-19-6-2-7-20-40/h1-37H.